The Morgan fingerprint density at radius 1 is 1.33 bits per heavy atom. The number of hydrogen-bond donors (Lipinski definition) is 2. The van der Waals surface area contributed by atoms with Crippen LogP contribution in [0.15, 0.2) is 18.2 Å². The number of anilines is 2. The molecule has 0 saturated heterocycles. The number of hydrogen-bond acceptors (Lipinski definition) is 3. The topological polar surface area (TPSA) is 50.4 Å². The third kappa shape index (κ3) is 3.90. The van der Waals surface area contributed by atoms with Gasteiger partial charge in [0.1, 0.15) is 5.75 Å². The second-order valence-electron chi connectivity index (χ2n) is 6.53. The molecule has 1 aromatic rings. The zero-order valence-electron chi connectivity index (χ0n) is 13.5. The normalized spacial score (nSPS) is 20.7. The van der Waals surface area contributed by atoms with Gasteiger partial charge in [-0.15, -0.1) is 0 Å². The molecule has 0 aliphatic heterocycles. The van der Waals surface area contributed by atoms with Crippen molar-refractivity contribution in [2.45, 2.75) is 52.5 Å². The molecular weight excluding hydrogens is 264 g/mol. The van der Waals surface area contributed by atoms with E-state index in [2.05, 4.69) is 24.5 Å². The Morgan fingerprint density at radius 3 is 2.71 bits per heavy atom. The number of nitrogens with one attached hydrogen (secondary N) is 2. The van der Waals surface area contributed by atoms with Gasteiger partial charge in [-0.2, -0.15) is 0 Å². The summed E-state index contributed by atoms with van der Waals surface area (Å²) in [5.74, 6) is 0.745. The Bertz CT molecular complexity index is 512. The van der Waals surface area contributed by atoms with Crippen LogP contribution in [0.2, 0.25) is 0 Å². The van der Waals surface area contributed by atoms with Gasteiger partial charge in [0.15, 0.2) is 0 Å². The molecule has 1 fully saturated rings. The SMILES string of the molecule is COc1ccc(NC(C)=O)cc1NC1CCCCC1(C)C. The maximum Gasteiger partial charge on any atom is 0.221 e. The first-order chi connectivity index (χ1) is 9.92. The summed E-state index contributed by atoms with van der Waals surface area (Å²) in [6, 6.07) is 6.12. The van der Waals surface area contributed by atoms with Crippen molar-refractivity contribution < 1.29 is 9.53 Å². The summed E-state index contributed by atoms with van der Waals surface area (Å²) < 4.78 is 5.44. The zero-order chi connectivity index (χ0) is 15.5. The third-order valence-electron chi connectivity index (χ3n) is 4.36. The van der Waals surface area contributed by atoms with E-state index in [9.17, 15) is 4.79 Å². The van der Waals surface area contributed by atoms with Gasteiger partial charge in [0, 0.05) is 18.7 Å². The number of ether oxygens (including phenoxy) is 1. The molecule has 116 valence electrons. The van der Waals surface area contributed by atoms with Gasteiger partial charge in [-0.05, 0) is 36.5 Å². The molecule has 4 nitrogen and oxygen atoms in total. The van der Waals surface area contributed by atoms with Crippen LogP contribution in [0, 0.1) is 5.41 Å². The zero-order valence-corrected chi connectivity index (χ0v) is 13.5. The first-order valence-electron chi connectivity index (χ1n) is 7.64. The predicted molar refractivity (Wildman–Crippen MR) is 87.0 cm³/mol. The predicted octanol–water partition coefficient (Wildman–Crippen LogP) is 4.03. The van der Waals surface area contributed by atoms with E-state index in [0.717, 1.165) is 17.1 Å². The van der Waals surface area contributed by atoms with Crippen molar-refractivity contribution in [2.24, 2.45) is 5.41 Å². The van der Waals surface area contributed by atoms with E-state index >= 15 is 0 Å². The molecular formula is C17H26N2O2. The molecule has 0 aromatic heterocycles. The van der Waals surface area contributed by atoms with Gasteiger partial charge in [-0.1, -0.05) is 26.7 Å². The quantitative estimate of drug-likeness (QED) is 0.880. The number of methoxy groups -OCH3 is 1. The molecule has 0 spiro atoms. The van der Waals surface area contributed by atoms with E-state index in [1.165, 1.54) is 32.6 Å². The fourth-order valence-electron chi connectivity index (χ4n) is 3.05. The van der Waals surface area contributed by atoms with Crippen molar-refractivity contribution in [3.8, 4) is 5.75 Å². The van der Waals surface area contributed by atoms with Gasteiger partial charge in [0.05, 0.1) is 12.8 Å². The van der Waals surface area contributed by atoms with E-state index in [1.54, 1.807) is 7.11 Å². The van der Waals surface area contributed by atoms with Crippen LogP contribution in [0.25, 0.3) is 0 Å². The van der Waals surface area contributed by atoms with E-state index in [4.69, 9.17) is 4.74 Å². The minimum Gasteiger partial charge on any atom is -0.495 e. The van der Waals surface area contributed by atoms with Crippen molar-refractivity contribution in [1.82, 2.24) is 0 Å². The summed E-state index contributed by atoms with van der Waals surface area (Å²) in [5, 5.41) is 6.45. The summed E-state index contributed by atoms with van der Waals surface area (Å²) in [4.78, 5) is 11.2. The van der Waals surface area contributed by atoms with Crippen LogP contribution >= 0.6 is 0 Å². The van der Waals surface area contributed by atoms with E-state index in [-0.39, 0.29) is 11.3 Å². The summed E-state index contributed by atoms with van der Waals surface area (Å²) in [6.45, 7) is 6.14. The Hall–Kier alpha value is -1.71. The Balaban J connectivity index is 2.22. The highest BCUT2D eigenvalue weighted by Gasteiger charge is 2.32. The summed E-state index contributed by atoms with van der Waals surface area (Å²) in [7, 11) is 1.67. The lowest BCUT2D eigenvalue weighted by atomic mass is 9.73. The Morgan fingerprint density at radius 2 is 2.10 bits per heavy atom. The van der Waals surface area contributed by atoms with Crippen LogP contribution in [0.4, 0.5) is 11.4 Å². The van der Waals surface area contributed by atoms with Crippen molar-refractivity contribution >= 4 is 17.3 Å². The number of carbonyl (C=O) groups is 1. The van der Waals surface area contributed by atoms with Gasteiger partial charge >= 0.3 is 0 Å². The molecule has 1 aromatic carbocycles. The molecule has 1 amide bonds. The second-order valence-corrected chi connectivity index (χ2v) is 6.53. The van der Waals surface area contributed by atoms with Crippen LogP contribution in [-0.2, 0) is 4.79 Å². The standard InChI is InChI=1S/C17H26N2O2/c1-12(20)18-13-8-9-15(21-4)14(11-13)19-16-7-5-6-10-17(16,2)3/h8-9,11,16,19H,5-7,10H2,1-4H3,(H,18,20). The van der Waals surface area contributed by atoms with Crippen LogP contribution in [0.1, 0.15) is 46.5 Å². The minimum atomic E-state index is -0.0656. The molecule has 2 N–H and O–H groups in total. The van der Waals surface area contributed by atoms with Gasteiger partial charge < -0.3 is 15.4 Å². The van der Waals surface area contributed by atoms with Gasteiger partial charge in [0.25, 0.3) is 0 Å². The van der Waals surface area contributed by atoms with Gasteiger partial charge in [-0.25, -0.2) is 0 Å². The van der Waals surface area contributed by atoms with Crippen molar-refractivity contribution in [3.63, 3.8) is 0 Å². The molecule has 0 heterocycles. The number of benzene rings is 1. The maximum atomic E-state index is 11.2. The lowest BCUT2D eigenvalue weighted by Gasteiger charge is -2.40. The lowest BCUT2D eigenvalue weighted by Crippen LogP contribution is -2.39. The largest absolute Gasteiger partial charge is 0.495 e. The highest BCUT2D eigenvalue weighted by molar-refractivity contribution is 5.89. The third-order valence-corrected chi connectivity index (χ3v) is 4.36. The van der Waals surface area contributed by atoms with Crippen molar-refractivity contribution in [3.05, 3.63) is 18.2 Å². The molecule has 1 aliphatic carbocycles. The molecule has 21 heavy (non-hydrogen) atoms. The highest BCUT2D eigenvalue weighted by atomic mass is 16.5. The minimum absolute atomic E-state index is 0.0656. The average Bonchev–Trinajstić information content (AvgIpc) is 2.41. The summed E-state index contributed by atoms with van der Waals surface area (Å²) in [5.41, 5.74) is 2.01. The molecule has 1 aliphatic rings. The van der Waals surface area contributed by atoms with Crippen LogP contribution < -0.4 is 15.4 Å². The molecule has 0 bridgehead atoms. The van der Waals surface area contributed by atoms with Crippen LogP contribution in [-0.4, -0.2) is 19.1 Å². The average molecular weight is 290 g/mol. The monoisotopic (exact) mass is 290 g/mol. The van der Waals surface area contributed by atoms with Crippen molar-refractivity contribution in [1.29, 1.82) is 0 Å². The molecule has 1 atom stereocenters. The van der Waals surface area contributed by atoms with Crippen LogP contribution in [0.3, 0.4) is 0 Å². The molecule has 4 heteroatoms. The summed E-state index contributed by atoms with van der Waals surface area (Å²) in [6.07, 6.45) is 4.96. The van der Waals surface area contributed by atoms with E-state index < -0.39 is 0 Å². The lowest BCUT2D eigenvalue weighted by molar-refractivity contribution is -0.114. The first-order valence-corrected chi connectivity index (χ1v) is 7.64. The number of amides is 1. The molecule has 2 rings (SSSR count). The van der Waals surface area contributed by atoms with E-state index in [1.807, 2.05) is 18.2 Å². The molecule has 1 saturated carbocycles. The van der Waals surface area contributed by atoms with Gasteiger partial charge in [0.2, 0.25) is 5.91 Å². The van der Waals surface area contributed by atoms with E-state index in [0.29, 0.717) is 6.04 Å². The summed E-state index contributed by atoms with van der Waals surface area (Å²) >= 11 is 0. The van der Waals surface area contributed by atoms with Crippen LogP contribution in [0.5, 0.6) is 5.75 Å². The number of carbonyl (C=O) groups excluding carboxylic acids is 1. The molecule has 1 unspecified atom stereocenters. The smallest absolute Gasteiger partial charge is 0.221 e. The first kappa shape index (κ1) is 15.7. The Labute approximate surface area is 127 Å². The van der Waals surface area contributed by atoms with Crippen molar-refractivity contribution in [2.75, 3.05) is 17.7 Å². The maximum absolute atomic E-state index is 11.2. The fourth-order valence-corrected chi connectivity index (χ4v) is 3.05. The van der Waals surface area contributed by atoms with Gasteiger partial charge in [-0.3, -0.25) is 4.79 Å². The second kappa shape index (κ2) is 6.37. The Kier molecular flexibility index (Phi) is 4.76. The number of rotatable bonds is 4. The highest BCUT2D eigenvalue weighted by Crippen LogP contribution is 2.39. The molecule has 0 radical (unpaired) electrons. The fraction of sp³-hybridized carbons (Fsp3) is 0.588.